The third-order valence-electron chi connectivity index (χ3n) is 2.37. The maximum absolute atomic E-state index is 8.94. The fraction of sp³-hybridized carbons (Fsp3) is 0.417. The fourth-order valence-electron chi connectivity index (χ4n) is 1.29. The van der Waals surface area contributed by atoms with E-state index < -0.39 is 0 Å². The Balaban J connectivity index is 2.73. The minimum absolute atomic E-state index is 0.137. The van der Waals surface area contributed by atoms with Gasteiger partial charge in [-0.25, -0.2) is 0 Å². The van der Waals surface area contributed by atoms with Crippen LogP contribution < -0.4 is 11.1 Å². The Labute approximate surface area is 90.9 Å². The number of aryl methyl sites for hydroxylation is 1. The molecule has 0 aliphatic rings. The molecule has 0 amide bonds. The van der Waals surface area contributed by atoms with Crippen LogP contribution in [0.4, 0.5) is 5.69 Å². The smallest absolute Gasteiger partial charge is 0.101 e. The van der Waals surface area contributed by atoms with Crippen LogP contribution in [0.1, 0.15) is 24.5 Å². The molecule has 0 aliphatic carbocycles. The lowest BCUT2D eigenvalue weighted by atomic mass is 10.1. The van der Waals surface area contributed by atoms with Crippen LogP contribution >= 0.6 is 0 Å². The molecule has 0 radical (unpaired) electrons. The van der Waals surface area contributed by atoms with Gasteiger partial charge in [0, 0.05) is 12.6 Å². The van der Waals surface area contributed by atoms with Crippen molar-refractivity contribution in [2.45, 2.75) is 26.3 Å². The van der Waals surface area contributed by atoms with Gasteiger partial charge in [-0.15, -0.1) is 0 Å². The number of hydrogen-bond acceptors (Lipinski definition) is 3. The molecule has 80 valence electrons. The second-order valence-corrected chi connectivity index (χ2v) is 3.71. The van der Waals surface area contributed by atoms with Gasteiger partial charge >= 0.3 is 0 Å². The molecule has 1 rings (SSSR count). The second-order valence-electron chi connectivity index (χ2n) is 3.71. The quantitative estimate of drug-likeness (QED) is 0.787. The lowest BCUT2D eigenvalue weighted by Gasteiger charge is -2.12. The van der Waals surface area contributed by atoms with Crippen LogP contribution in [0.2, 0.25) is 0 Å². The molecule has 0 saturated carbocycles. The Morgan fingerprint density at radius 2 is 2.27 bits per heavy atom. The highest BCUT2D eigenvalue weighted by Crippen LogP contribution is 2.16. The number of hydrogen-bond donors (Lipinski definition) is 2. The average molecular weight is 203 g/mol. The molecule has 0 bridgehead atoms. The summed E-state index contributed by atoms with van der Waals surface area (Å²) in [6.45, 7) is 4.73. The van der Waals surface area contributed by atoms with Gasteiger partial charge in [0.05, 0.1) is 11.3 Å². The Hall–Kier alpha value is -1.53. The summed E-state index contributed by atoms with van der Waals surface area (Å²) in [7, 11) is 0. The third-order valence-corrected chi connectivity index (χ3v) is 2.37. The van der Waals surface area contributed by atoms with Gasteiger partial charge in [0.2, 0.25) is 0 Å². The van der Waals surface area contributed by atoms with E-state index >= 15 is 0 Å². The molecule has 1 aromatic carbocycles. The van der Waals surface area contributed by atoms with Gasteiger partial charge in [-0.05, 0) is 31.0 Å². The standard InChI is InChI=1S/C12H17N3/c1-3-11(14)8-15-12-5-4-9(2)6-10(12)7-13/h4-6,11,15H,3,8,14H2,1-2H3. The van der Waals surface area contributed by atoms with Gasteiger partial charge < -0.3 is 11.1 Å². The first-order valence-corrected chi connectivity index (χ1v) is 5.17. The van der Waals surface area contributed by atoms with E-state index in [2.05, 4.69) is 11.4 Å². The molecule has 0 spiro atoms. The highest BCUT2D eigenvalue weighted by Gasteiger charge is 2.03. The number of nitrogens with two attached hydrogens (primary N) is 1. The van der Waals surface area contributed by atoms with Gasteiger partial charge in [-0.3, -0.25) is 0 Å². The van der Waals surface area contributed by atoms with Crippen molar-refractivity contribution in [3.05, 3.63) is 29.3 Å². The minimum Gasteiger partial charge on any atom is -0.382 e. The predicted octanol–water partition coefficient (Wildman–Crippen LogP) is 2.02. The summed E-state index contributed by atoms with van der Waals surface area (Å²) < 4.78 is 0. The van der Waals surface area contributed by atoms with E-state index in [9.17, 15) is 0 Å². The van der Waals surface area contributed by atoms with E-state index in [4.69, 9.17) is 11.0 Å². The molecule has 1 aromatic rings. The Bertz CT molecular complexity index is 366. The maximum atomic E-state index is 8.94. The molecule has 3 heteroatoms. The Morgan fingerprint density at radius 1 is 1.53 bits per heavy atom. The molecule has 0 aromatic heterocycles. The molecule has 0 fully saturated rings. The predicted molar refractivity (Wildman–Crippen MR) is 62.7 cm³/mol. The summed E-state index contributed by atoms with van der Waals surface area (Å²) in [5.74, 6) is 0. The molecule has 1 atom stereocenters. The summed E-state index contributed by atoms with van der Waals surface area (Å²) in [6, 6.07) is 8.10. The minimum atomic E-state index is 0.137. The third kappa shape index (κ3) is 3.26. The van der Waals surface area contributed by atoms with Gasteiger partial charge in [-0.2, -0.15) is 5.26 Å². The zero-order chi connectivity index (χ0) is 11.3. The van der Waals surface area contributed by atoms with Gasteiger partial charge in [0.15, 0.2) is 0 Å². The molecular weight excluding hydrogens is 186 g/mol. The van der Waals surface area contributed by atoms with Crippen molar-refractivity contribution in [3.8, 4) is 6.07 Å². The molecule has 3 nitrogen and oxygen atoms in total. The molecule has 0 heterocycles. The number of anilines is 1. The van der Waals surface area contributed by atoms with Gasteiger partial charge in [-0.1, -0.05) is 13.0 Å². The zero-order valence-corrected chi connectivity index (χ0v) is 9.25. The average Bonchev–Trinajstić information content (AvgIpc) is 2.26. The van der Waals surface area contributed by atoms with Crippen molar-refractivity contribution >= 4 is 5.69 Å². The number of benzene rings is 1. The van der Waals surface area contributed by atoms with Gasteiger partial charge in [0.25, 0.3) is 0 Å². The van der Waals surface area contributed by atoms with Crippen molar-refractivity contribution in [2.24, 2.45) is 5.73 Å². The Morgan fingerprint density at radius 3 is 2.87 bits per heavy atom. The molecule has 15 heavy (non-hydrogen) atoms. The summed E-state index contributed by atoms with van der Waals surface area (Å²) in [5.41, 5.74) is 8.44. The number of nitrogens with one attached hydrogen (secondary N) is 1. The summed E-state index contributed by atoms with van der Waals surface area (Å²) >= 11 is 0. The van der Waals surface area contributed by atoms with Crippen LogP contribution in [-0.2, 0) is 0 Å². The number of rotatable bonds is 4. The van der Waals surface area contributed by atoms with Crippen molar-refractivity contribution < 1.29 is 0 Å². The first-order valence-electron chi connectivity index (χ1n) is 5.17. The highest BCUT2D eigenvalue weighted by molar-refractivity contribution is 5.58. The number of nitrogens with zero attached hydrogens (tertiary/aromatic N) is 1. The van der Waals surface area contributed by atoms with Crippen LogP contribution in [0, 0.1) is 18.3 Å². The SMILES string of the molecule is CCC(N)CNc1ccc(C)cc1C#N. The van der Waals surface area contributed by atoms with E-state index in [-0.39, 0.29) is 6.04 Å². The van der Waals surface area contributed by atoms with E-state index in [1.807, 2.05) is 32.0 Å². The zero-order valence-electron chi connectivity index (χ0n) is 9.25. The fourth-order valence-corrected chi connectivity index (χ4v) is 1.29. The van der Waals surface area contributed by atoms with Crippen LogP contribution in [0.15, 0.2) is 18.2 Å². The highest BCUT2D eigenvalue weighted by atomic mass is 14.9. The molecular formula is C12H17N3. The van der Waals surface area contributed by atoms with E-state index in [0.29, 0.717) is 12.1 Å². The maximum Gasteiger partial charge on any atom is 0.101 e. The van der Waals surface area contributed by atoms with Crippen molar-refractivity contribution in [1.29, 1.82) is 5.26 Å². The van der Waals surface area contributed by atoms with E-state index in [1.54, 1.807) is 0 Å². The molecule has 0 saturated heterocycles. The van der Waals surface area contributed by atoms with Crippen molar-refractivity contribution in [1.82, 2.24) is 0 Å². The Kier molecular flexibility index (Phi) is 4.14. The monoisotopic (exact) mass is 203 g/mol. The molecule has 3 N–H and O–H groups in total. The van der Waals surface area contributed by atoms with Crippen LogP contribution in [-0.4, -0.2) is 12.6 Å². The van der Waals surface area contributed by atoms with Crippen LogP contribution in [0.3, 0.4) is 0 Å². The van der Waals surface area contributed by atoms with E-state index in [1.165, 1.54) is 0 Å². The second kappa shape index (κ2) is 5.38. The number of nitriles is 1. The lowest BCUT2D eigenvalue weighted by Crippen LogP contribution is -2.28. The summed E-state index contributed by atoms with van der Waals surface area (Å²) in [5, 5.41) is 12.1. The van der Waals surface area contributed by atoms with E-state index in [0.717, 1.165) is 17.7 Å². The first kappa shape index (κ1) is 11.5. The van der Waals surface area contributed by atoms with Crippen LogP contribution in [0.25, 0.3) is 0 Å². The summed E-state index contributed by atoms with van der Waals surface area (Å²) in [6.07, 6.45) is 0.931. The van der Waals surface area contributed by atoms with Crippen LogP contribution in [0.5, 0.6) is 0 Å². The largest absolute Gasteiger partial charge is 0.382 e. The van der Waals surface area contributed by atoms with Gasteiger partial charge in [0.1, 0.15) is 6.07 Å². The van der Waals surface area contributed by atoms with Crippen molar-refractivity contribution in [3.63, 3.8) is 0 Å². The molecule has 1 unspecified atom stereocenters. The lowest BCUT2D eigenvalue weighted by molar-refractivity contribution is 0.679. The van der Waals surface area contributed by atoms with Crippen molar-refractivity contribution in [2.75, 3.05) is 11.9 Å². The first-order chi connectivity index (χ1) is 7.17. The normalized spacial score (nSPS) is 11.9. The molecule has 0 aliphatic heterocycles. The topological polar surface area (TPSA) is 61.8 Å². The summed E-state index contributed by atoms with van der Waals surface area (Å²) in [4.78, 5) is 0.